The van der Waals surface area contributed by atoms with Crippen LogP contribution in [0, 0.1) is 17.5 Å². The molecule has 1 aliphatic carbocycles. The lowest BCUT2D eigenvalue weighted by atomic mass is 10.3. The standard InChI is InChI=1S/C12H8BrF3N2O/c13-10-11(5-1-2-5)17-18(12(10)19)9-4-7(15)6(14)3-8(9)16/h3-5,17H,1-2H2. The fourth-order valence-corrected chi connectivity index (χ4v) is 2.52. The molecule has 1 aromatic carbocycles. The number of aromatic nitrogens is 2. The van der Waals surface area contributed by atoms with Gasteiger partial charge in [-0.1, -0.05) is 0 Å². The minimum atomic E-state index is -1.29. The Morgan fingerprint density at radius 1 is 1.16 bits per heavy atom. The molecule has 1 heterocycles. The van der Waals surface area contributed by atoms with Gasteiger partial charge in [-0.15, -0.1) is 0 Å². The van der Waals surface area contributed by atoms with Crippen LogP contribution >= 0.6 is 15.9 Å². The van der Waals surface area contributed by atoms with E-state index in [-0.39, 0.29) is 11.6 Å². The lowest BCUT2D eigenvalue weighted by Crippen LogP contribution is -2.16. The molecule has 0 radical (unpaired) electrons. The molecule has 1 saturated carbocycles. The first kappa shape index (κ1) is 12.5. The number of halogens is 4. The first-order chi connectivity index (χ1) is 8.99. The van der Waals surface area contributed by atoms with Crippen LogP contribution in [0.5, 0.6) is 0 Å². The number of aromatic amines is 1. The zero-order valence-electron chi connectivity index (χ0n) is 9.51. The molecule has 0 bridgehead atoms. The SMILES string of the molecule is O=c1c(Br)c(C2CC2)[nH]n1-c1cc(F)c(F)cc1F. The van der Waals surface area contributed by atoms with Crippen molar-refractivity contribution in [2.45, 2.75) is 18.8 Å². The molecule has 3 nitrogen and oxygen atoms in total. The minimum absolute atomic E-state index is 0.233. The molecule has 7 heteroatoms. The maximum absolute atomic E-state index is 13.7. The average Bonchev–Trinajstić information content (AvgIpc) is 3.15. The number of benzene rings is 1. The smallest absolute Gasteiger partial charge is 0.285 e. The van der Waals surface area contributed by atoms with Crippen LogP contribution in [0.2, 0.25) is 0 Å². The Morgan fingerprint density at radius 3 is 2.42 bits per heavy atom. The summed E-state index contributed by atoms with van der Waals surface area (Å²) in [5, 5.41) is 2.74. The van der Waals surface area contributed by atoms with Gasteiger partial charge in [-0.25, -0.2) is 17.9 Å². The first-order valence-corrected chi connectivity index (χ1v) is 6.43. The number of nitrogens with zero attached hydrogens (tertiary/aromatic N) is 1. The molecule has 19 heavy (non-hydrogen) atoms. The third kappa shape index (κ3) is 2.01. The van der Waals surface area contributed by atoms with Crippen LogP contribution in [-0.4, -0.2) is 9.78 Å². The lowest BCUT2D eigenvalue weighted by molar-refractivity contribution is 0.491. The molecular weight excluding hydrogens is 325 g/mol. The number of rotatable bonds is 2. The summed E-state index contributed by atoms with van der Waals surface area (Å²) >= 11 is 3.14. The summed E-state index contributed by atoms with van der Waals surface area (Å²) in [6.07, 6.45) is 1.89. The van der Waals surface area contributed by atoms with Gasteiger partial charge < -0.3 is 0 Å². The van der Waals surface area contributed by atoms with Crippen molar-refractivity contribution in [2.24, 2.45) is 0 Å². The van der Waals surface area contributed by atoms with E-state index >= 15 is 0 Å². The van der Waals surface area contributed by atoms with Crippen molar-refractivity contribution in [3.8, 4) is 5.69 Å². The molecule has 1 aromatic heterocycles. The molecule has 0 amide bonds. The molecule has 0 spiro atoms. The van der Waals surface area contributed by atoms with Crippen molar-refractivity contribution in [3.63, 3.8) is 0 Å². The molecule has 0 saturated heterocycles. The van der Waals surface area contributed by atoms with Gasteiger partial charge in [-0.05, 0) is 28.8 Å². The van der Waals surface area contributed by atoms with Gasteiger partial charge in [0.15, 0.2) is 17.5 Å². The van der Waals surface area contributed by atoms with Crippen LogP contribution in [0.25, 0.3) is 5.69 Å². The van der Waals surface area contributed by atoms with Crippen molar-refractivity contribution in [1.29, 1.82) is 0 Å². The van der Waals surface area contributed by atoms with Gasteiger partial charge in [-0.3, -0.25) is 9.89 Å². The van der Waals surface area contributed by atoms with Crippen LogP contribution in [0.3, 0.4) is 0 Å². The summed E-state index contributed by atoms with van der Waals surface area (Å²) in [5.74, 6) is -3.27. The molecule has 2 aromatic rings. The fraction of sp³-hybridized carbons (Fsp3) is 0.250. The van der Waals surface area contributed by atoms with E-state index in [2.05, 4.69) is 21.0 Å². The van der Waals surface area contributed by atoms with Gasteiger partial charge in [0.05, 0.1) is 5.69 Å². The van der Waals surface area contributed by atoms with E-state index < -0.39 is 23.0 Å². The highest BCUT2D eigenvalue weighted by molar-refractivity contribution is 9.10. The summed E-state index contributed by atoms with van der Waals surface area (Å²) in [7, 11) is 0. The number of hydrogen-bond acceptors (Lipinski definition) is 1. The van der Waals surface area contributed by atoms with E-state index in [0.717, 1.165) is 17.5 Å². The number of hydrogen-bond donors (Lipinski definition) is 1. The molecule has 3 rings (SSSR count). The number of nitrogens with one attached hydrogen (secondary N) is 1. The third-order valence-corrected chi connectivity index (χ3v) is 3.84. The second kappa shape index (κ2) is 4.26. The predicted molar refractivity (Wildman–Crippen MR) is 65.9 cm³/mol. The van der Waals surface area contributed by atoms with Crippen LogP contribution in [0.4, 0.5) is 13.2 Å². The van der Waals surface area contributed by atoms with Gasteiger partial charge in [0.25, 0.3) is 5.56 Å². The van der Waals surface area contributed by atoms with Crippen molar-refractivity contribution in [1.82, 2.24) is 9.78 Å². The topological polar surface area (TPSA) is 37.8 Å². The number of H-pyrrole nitrogens is 1. The van der Waals surface area contributed by atoms with Gasteiger partial charge in [0.2, 0.25) is 0 Å². The maximum Gasteiger partial charge on any atom is 0.285 e. The van der Waals surface area contributed by atoms with E-state index in [4.69, 9.17) is 0 Å². The van der Waals surface area contributed by atoms with Gasteiger partial charge in [-0.2, -0.15) is 0 Å². The normalized spacial score (nSPS) is 14.9. The van der Waals surface area contributed by atoms with Crippen molar-refractivity contribution >= 4 is 15.9 Å². The monoisotopic (exact) mass is 332 g/mol. The summed E-state index contributed by atoms with van der Waals surface area (Å²) in [6.45, 7) is 0. The maximum atomic E-state index is 13.7. The summed E-state index contributed by atoms with van der Waals surface area (Å²) in [6, 6.07) is 1.08. The zero-order chi connectivity index (χ0) is 13.7. The quantitative estimate of drug-likeness (QED) is 0.842. The average molecular weight is 333 g/mol. The largest absolute Gasteiger partial charge is 0.293 e. The van der Waals surface area contributed by atoms with Crippen LogP contribution in [-0.2, 0) is 0 Å². The van der Waals surface area contributed by atoms with Gasteiger partial charge >= 0.3 is 0 Å². The highest BCUT2D eigenvalue weighted by Gasteiger charge is 2.30. The Labute approximate surface area is 114 Å². The fourth-order valence-electron chi connectivity index (χ4n) is 1.93. The van der Waals surface area contributed by atoms with Crippen LogP contribution < -0.4 is 5.56 Å². The Kier molecular flexibility index (Phi) is 2.81. The second-order valence-electron chi connectivity index (χ2n) is 4.47. The zero-order valence-corrected chi connectivity index (χ0v) is 11.1. The molecule has 0 unspecified atom stereocenters. The van der Waals surface area contributed by atoms with Crippen molar-refractivity contribution < 1.29 is 13.2 Å². The van der Waals surface area contributed by atoms with Gasteiger partial charge in [0, 0.05) is 18.1 Å². The van der Waals surface area contributed by atoms with Crippen LogP contribution in [0.1, 0.15) is 24.5 Å². The van der Waals surface area contributed by atoms with Crippen LogP contribution in [0.15, 0.2) is 21.4 Å². The lowest BCUT2D eigenvalue weighted by Gasteiger charge is -2.04. The van der Waals surface area contributed by atoms with Gasteiger partial charge in [0.1, 0.15) is 10.2 Å². The summed E-state index contributed by atoms with van der Waals surface area (Å²) in [5.41, 5.74) is -0.197. The molecule has 1 fully saturated rings. The third-order valence-electron chi connectivity index (χ3n) is 3.08. The Bertz CT molecular complexity index is 718. The predicted octanol–water partition coefficient (Wildman–Crippen LogP) is 3.22. The molecule has 0 aliphatic heterocycles. The highest BCUT2D eigenvalue weighted by Crippen LogP contribution is 2.41. The summed E-state index contributed by atoms with van der Waals surface area (Å²) in [4.78, 5) is 12.0. The molecule has 1 N–H and O–H groups in total. The van der Waals surface area contributed by atoms with E-state index in [1.165, 1.54) is 0 Å². The molecule has 100 valence electrons. The highest BCUT2D eigenvalue weighted by atomic mass is 79.9. The summed E-state index contributed by atoms with van der Waals surface area (Å²) < 4.78 is 40.9. The first-order valence-electron chi connectivity index (χ1n) is 5.64. The van der Waals surface area contributed by atoms with E-state index in [1.54, 1.807) is 0 Å². The van der Waals surface area contributed by atoms with E-state index in [9.17, 15) is 18.0 Å². The molecule has 0 atom stereocenters. The minimum Gasteiger partial charge on any atom is -0.293 e. The van der Waals surface area contributed by atoms with Crippen molar-refractivity contribution in [2.75, 3.05) is 0 Å². The van der Waals surface area contributed by atoms with E-state index in [0.29, 0.717) is 22.3 Å². The molecule has 1 aliphatic rings. The van der Waals surface area contributed by atoms with Crippen molar-refractivity contribution in [3.05, 3.63) is 50.1 Å². The Morgan fingerprint density at radius 2 is 1.79 bits per heavy atom. The Balaban J connectivity index is 2.20. The second-order valence-corrected chi connectivity index (χ2v) is 5.27. The Hall–Kier alpha value is -1.50. The van der Waals surface area contributed by atoms with E-state index in [1.807, 2.05) is 0 Å². The molecular formula is C12H8BrF3N2O.